The molecule has 32 heavy (non-hydrogen) atoms. The number of amides is 2. The fourth-order valence-electron chi connectivity index (χ4n) is 4.04. The van der Waals surface area contributed by atoms with E-state index in [9.17, 15) is 14.4 Å². The molecule has 0 radical (unpaired) electrons. The Kier molecular flexibility index (Phi) is 6.32. The van der Waals surface area contributed by atoms with Crippen LogP contribution in [0.4, 0.5) is 0 Å². The van der Waals surface area contributed by atoms with E-state index < -0.39 is 0 Å². The SMILES string of the molecule is COCCNC(=O)c1cc([C@H]2CCN(C(=O)c3ccc(=O)n(C)c3)C2)nc2ccccc12. The molecule has 3 aromatic rings. The first-order valence-electron chi connectivity index (χ1n) is 10.6. The van der Waals surface area contributed by atoms with Crippen molar-refractivity contribution in [1.29, 1.82) is 0 Å². The highest BCUT2D eigenvalue weighted by molar-refractivity contribution is 6.06. The minimum Gasteiger partial charge on any atom is -0.383 e. The molecule has 0 saturated carbocycles. The van der Waals surface area contributed by atoms with E-state index in [2.05, 4.69) is 5.32 Å². The van der Waals surface area contributed by atoms with Gasteiger partial charge in [-0.15, -0.1) is 0 Å². The summed E-state index contributed by atoms with van der Waals surface area (Å²) in [5.41, 5.74) is 2.46. The maximum Gasteiger partial charge on any atom is 0.255 e. The third-order valence-corrected chi connectivity index (χ3v) is 5.80. The number of carbonyl (C=O) groups excluding carboxylic acids is 2. The first-order valence-corrected chi connectivity index (χ1v) is 10.6. The Bertz CT molecular complexity index is 1220. The van der Waals surface area contributed by atoms with Gasteiger partial charge >= 0.3 is 0 Å². The number of fused-ring (bicyclic) bond motifs is 1. The number of aromatic nitrogens is 2. The number of benzene rings is 1. The Morgan fingerprint density at radius 1 is 1.22 bits per heavy atom. The smallest absolute Gasteiger partial charge is 0.255 e. The maximum absolute atomic E-state index is 12.9. The van der Waals surface area contributed by atoms with Crippen molar-refractivity contribution in [1.82, 2.24) is 19.8 Å². The standard InChI is InChI=1S/C24H26N4O4/c1-27-14-17(7-8-22(27)29)24(31)28-11-9-16(15-28)21-13-19(23(30)25-10-12-32-2)18-5-3-4-6-20(18)26-21/h3-8,13-14,16H,9-12,15H2,1-2H3,(H,25,30)/t16-/m0/s1. The number of nitrogens with zero attached hydrogens (tertiary/aromatic N) is 3. The van der Waals surface area contributed by atoms with Crippen LogP contribution in [0.1, 0.15) is 38.7 Å². The summed E-state index contributed by atoms with van der Waals surface area (Å²) in [6, 6.07) is 12.4. The summed E-state index contributed by atoms with van der Waals surface area (Å²) in [6.07, 6.45) is 2.32. The molecule has 0 aliphatic carbocycles. The van der Waals surface area contributed by atoms with Crippen LogP contribution in [-0.2, 0) is 11.8 Å². The van der Waals surface area contributed by atoms with Crippen LogP contribution in [-0.4, -0.2) is 59.6 Å². The van der Waals surface area contributed by atoms with Crippen molar-refractivity contribution in [2.75, 3.05) is 33.4 Å². The van der Waals surface area contributed by atoms with Gasteiger partial charge in [0.1, 0.15) is 0 Å². The van der Waals surface area contributed by atoms with Crippen molar-refractivity contribution in [3.05, 3.63) is 75.8 Å². The Morgan fingerprint density at radius 2 is 2.03 bits per heavy atom. The molecule has 8 heteroatoms. The van der Waals surface area contributed by atoms with Crippen LogP contribution >= 0.6 is 0 Å². The lowest BCUT2D eigenvalue weighted by molar-refractivity contribution is 0.0789. The number of nitrogens with one attached hydrogen (secondary N) is 1. The van der Waals surface area contributed by atoms with Crippen LogP contribution in [0.25, 0.3) is 10.9 Å². The van der Waals surface area contributed by atoms with Crippen LogP contribution in [0, 0.1) is 0 Å². The predicted molar refractivity (Wildman–Crippen MR) is 121 cm³/mol. The topological polar surface area (TPSA) is 93.5 Å². The predicted octanol–water partition coefficient (Wildman–Crippen LogP) is 1.94. The van der Waals surface area contributed by atoms with Crippen molar-refractivity contribution in [3.8, 4) is 0 Å². The summed E-state index contributed by atoms with van der Waals surface area (Å²) in [7, 11) is 3.22. The average molecular weight is 434 g/mol. The van der Waals surface area contributed by atoms with Crippen molar-refractivity contribution in [2.45, 2.75) is 12.3 Å². The third kappa shape index (κ3) is 4.40. The molecule has 1 atom stereocenters. The van der Waals surface area contributed by atoms with Gasteiger partial charge in [0, 0.05) is 63.1 Å². The first-order chi connectivity index (χ1) is 15.5. The van der Waals surface area contributed by atoms with E-state index in [0.717, 1.165) is 23.0 Å². The lowest BCUT2D eigenvalue weighted by Gasteiger charge is -2.17. The van der Waals surface area contributed by atoms with E-state index >= 15 is 0 Å². The number of pyridine rings is 2. The third-order valence-electron chi connectivity index (χ3n) is 5.80. The van der Waals surface area contributed by atoms with Gasteiger partial charge in [-0.1, -0.05) is 18.2 Å². The fourth-order valence-corrected chi connectivity index (χ4v) is 4.04. The second-order valence-corrected chi connectivity index (χ2v) is 7.96. The average Bonchev–Trinajstić information content (AvgIpc) is 3.30. The number of hydrogen-bond acceptors (Lipinski definition) is 5. The van der Waals surface area contributed by atoms with Gasteiger partial charge < -0.3 is 19.5 Å². The van der Waals surface area contributed by atoms with Crippen LogP contribution in [0.5, 0.6) is 0 Å². The molecule has 0 bridgehead atoms. The minimum absolute atomic E-state index is 0.0293. The molecule has 0 unspecified atom stereocenters. The number of methoxy groups -OCH3 is 1. The van der Waals surface area contributed by atoms with Crippen molar-refractivity contribution in [3.63, 3.8) is 0 Å². The molecular formula is C24H26N4O4. The lowest BCUT2D eigenvalue weighted by Crippen LogP contribution is -2.30. The largest absolute Gasteiger partial charge is 0.383 e. The molecule has 1 aliphatic rings. The van der Waals surface area contributed by atoms with Gasteiger partial charge in [-0.05, 0) is 24.6 Å². The molecule has 4 rings (SSSR count). The van der Waals surface area contributed by atoms with Crippen molar-refractivity contribution >= 4 is 22.7 Å². The molecule has 166 valence electrons. The van der Waals surface area contributed by atoms with E-state index in [1.807, 2.05) is 30.3 Å². The zero-order valence-corrected chi connectivity index (χ0v) is 18.2. The number of rotatable bonds is 6. The second-order valence-electron chi connectivity index (χ2n) is 7.96. The molecule has 0 spiro atoms. The summed E-state index contributed by atoms with van der Waals surface area (Å²) < 4.78 is 6.42. The summed E-state index contributed by atoms with van der Waals surface area (Å²) in [6.45, 7) is 1.97. The molecule has 1 aromatic carbocycles. The lowest BCUT2D eigenvalue weighted by atomic mass is 9.99. The number of ether oxygens (including phenoxy) is 1. The van der Waals surface area contributed by atoms with E-state index in [4.69, 9.17) is 9.72 Å². The van der Waals surface area contributed by atoms with Crippen LogP contribution in [0.3, 0.4) is 0 Å². The van der Waals surface area contributed by atoms with Crippen molar-refractivity contribution < 1.29 is 14.3 Å². The Balaban J connectivity index is 1.58. The normalized spacial score (nSPS) is 15.8. The highest BCUT2D eigenvalue weighted by Crippen LogP contribution is 2.30. The van der Waals surface area contributed by atoms with E-state index in [-0.39, 0.29) is 23.3 Å². The number of likely N-dealkylation sites (tertiary alicyclic amines) is 1. The second kappa shape index (κ2) is 9.32. The highest BCUT2D eigenvalue weighted by atomic mass is 16.5. The summed E-state index contributed by atoms with van der Waals surface area (Å²) in [5, 5.41) is 3.68. The quantitative estimate of drug-likeness (QED) is 0.599. The highest BCUT2D eigenvalue weighted by Gasteiger charge is 2.30. The Morgan fingerprint density at radius 3 is 2.81 bits per heavy atom. The van der Waals surface area contributed by atoms with E-state index in [1.165, 1.54) is 10.6 Å². The van der Waals surface area contributed by atoms with Gasteiger partial charge in [0.15, 0.2) is 0 Å². The first kappa shape index (κ1) is 21.7. The molecule has 1 fully saturated rings. The van der Waals surface area contributed by atoms with Gasteiger partial charge in [-0.25, -0.2) is 0 Å². The molecule has 1 N–H and O–H groups in total. The molecule has 2 aromatic heterocycles. The van der Waals surface area contributed by atoms with E-state index in [1.54, 1.807) is 31.3 Å². The number of hydrogen-bond donors (Lipinski definition) is 1. The van der Waals surface area contributed by atoms with Gasteiger partial charge in [0.2, 0.25) is 5.56 Å². The number of aryl methyl sites for hydroxylation is 1. The summed E-state index contributed by atoms with van der Waals surface area (Å²) >= 11 is 0. The van der Waals surface area contributed by atoms with Gasteiger partial charge in [-0.2, -0.15) is 0 Å². The maximum atomic E-state index is 12.9. The monoisotopic (exact) mass is 434 g/mol. The molecule has 3 heterocycles. The fraction of sp³-hybridized carbons (Fsp3) is 0.333. The summed E-state index contributed by atoms with van der Waals surface area (Å²) in [5.74, 6) is -0.249. The minimum atomic E-state index is -0.168. The van der Waals surface area contributed by atoms with E-state index in [0.29, 0.717) is 37.4 Å². The van der Waals surface area contributed by atoms with Gasteiger partial charge in [0.05, 0.1) is 23.3 Å². The zero-order valence-electron chi connectivity index (χ0n) is 18.2. The Labute approximate surface area is 185 Å². The molecule has 8 nitrogen and oxygen atoms in total. The van der Waals surface area contributed by atoms with Crippen LogP contribution in [0.15, 0.2) is 53.5 Å². The molecule has 1 aliphatic heterocycles. The molecule has 1 saturated heterocycles. The molecule has 2 amide bonds. The zero-order chi connectivity index (χ0) is 22.7. The summed E-state index contributed by atoms with van der Waals surface area (Å²) in [4.78, 5) is 44.0. The van der Waals surface area contributed by atoms with Gasteiger partial charge in [0.25, 0.3) is 11.8 Å². The number of para-hydroxylation sites is 1. The van der Waals surface area contributed by atoms with Crippen molar-refractivity contribution in [2.24, 2.45) is 7.05 Å². The Hall–Kier alpha value is -3.52. The molecular weight excluding hydrogens is 408 g/mol. The number of carbonyl (C=O) groups is 2. The van der Waals surface area contributed by atoms with Crippen LogP contribution in [0.2, 0.25) is 0 Å². The van der Waals surface area contributed by atoms with Crippen LogP contribution < -0.4 is 10.9 Å². The van der Waals surface area contributed by atoms with Gasteiger partial charge in [-0.3, -0.25) is 19.4 Å².